The van der Waals surface area contributed by atoms with Crippen molar-refractivity contribution in [2.45, 2.75) is 17.7 Å². The molecule has 0 aromatic heterocycles. The Morgan fingerprint density at radius 2 is 2.16 bits per heavy atom. The molecule has 0 amide bonds. The molecule has 0 bridgehead atoms. The molecule has 0 spiro atoms. The summed E-state index contributed by atoms with van der Waals surface area (Å²) in [7, 11) is -2.57. The first-order valence-electron chi connectivity index (χ1n) is 5.42. The number of methoxy groups -OCH3 is 1. The lowest BCUT2D eigenvalue weighted by Crippen LogP contribution is -2.25. The number of carbonyl (C=O) groups is 1. The summed E-state index contributed by atoms with van der Waals surface area (Å²) in [5.74, 6) is -1.84. The molecule has 0 saturated carbocycles. The van der Waals surface area contributed by atoms with Gasteiger partial charge in [-0.1, -0.05) is 0 Å². The summed E-state index contributed by atoms with van der Waals surface area (Å²) < 4.78 is 43.8. The van der Waals surface area contributed by atoms with Gasteiger partial charge in [0.05, 0.1) is 12.0 Å². The van der Waals surface area contributed by atoms with Crippen LogP contribution in [0.5, 0.6) is 5.75 Å². The number of ether oxygens (including phenoxy) is 1. The highest BCUT2D eigenvalue weighted by molar-refractivity contribution is 7.89. The van der Waals surface area contributed by atoms with E-state index in [2.05, 4.69) is 9.46 Å². The zero-order valence-electron chi connectivity index (χ0n) is 10.2. The van der Waals surface area contributed by atoms with Gasteiger partial charge in [-0.2, -0.15) is 0 Å². The van der Waals surface area contributed by atoms with Gasteiger partial charge in [0.25, 0.3) is 0 Å². The van der Waals surface area contributed by atoms with Gasteiger partial charge in [0.2, 0.25) is 10.0 Å². The molecule has 0 aliphatic heterocycles. The van der Waals surface area contributed by atoms with Gasteiger partial charge in [-0.15, -0.1) is 0 Å². The van der Waals surface area contributed by atoms with Crippen LogP contribution >= 0.6 is 0 Å². The lowest BCUT2D eigenvalue weighted by molar-refractivity contribution is -0.137. The molecule has 0 saturated heterocycles. The summed E-state index contributed by atoms with van der Waals surface area (Å²) in [6.07, 6.45) is 0.0205. The number of hydrogen-bond donors (Lipinski definition) is 2. The van der Waals surface area contributed by atoms with Crippen molar-refractivity contribution in [1.29, 1.82) is 0 Å². The van der Waals surface area contributed by atoms with E-state index in [0.29, 0.717) is 0 Å². The van der Waals surface area contributed by atoms with Gasteiger partial charge in [0, 0.05) is 13.0 Å². The van der Waals surface area contributed by atoms with E-state index in [9.17, 15) is 17.6 Å². The van der Waals surface area contributed by atoms with Gasteiger partial charge in [-0.3, -0.25) is 4.79 Å². The molecule has 0 unspecified atom stereocenters. The summed E-state index contributed by atoms with van der Waals surface area (Å²) in [6, 6.07) is 3.26. The number of halogens is 1. The summed E-state index contributed by atoms with van der Waals surface area (Å²) in [4.78, 5) is 10.0. The fraction of sp³-hybridized carbons (Fsp3) is 0.364. The first-order valence-corrected chi connectivity index (χ1v) is 6.90. The molecule has 0 aliphatic rings. The molecular formula is C11H14FNO5S. The molecule has 2 N–H and O–H groups in total. The van der Waals surface area contributed by atoms with Gasteiger partial charge in [-0.25, -0.2) is 17.5 Å². The number of benzene rings is 1. The molecule has 1 rings (SSSR count). The number of nitrogens with one attached hydrogen (secondary N) is 1. The van der Waals surface area contributed by atoms with E-state index in [1.165, 1.54) is 19.2 Å². The normalized spacial score (nSPS) is 11.3. The zero-order valence-corrected chi connectivity index (χ0v) is 11.0. The molecule has 0 atom stereocenters. The molecule has 1 aromatic carbocycles. The third kappa shape index (κ3) is 4.49. The fourth-order valence-corrected chi connectivity index (χ4v) is 2.43. The molecule has 19 heavy (non-hydrogen) atoms. The van der Waals surface area contributed by atoms with E-state index >= 15 is 0 Å². The van der Waals surface area contributed by atoms with Crippen molar-refractivity contribution in [1.82, 2.24) is 4.72 Å². The van der Waals surface area contributed by atoms with Crippen LogP contribution in [0, 0.1) is 5.82 Å². The number of hydrogen-bond acceptors (Lipinski definition) is 4. The Morgan fingerprint density at radius 3 is 2.68 bits per heavy atom. The molecule has 8 heteroatoms. The Hall–Kier alpha value is -1.67. The topological polar surface area (TPSA) is 92.7 Å². The predicted octanol–water partition coefficient (Wildman–Crippen LogP) is 0.977. The van der Waals surface area contributed by atoms with Gasteiger partial charge in [0.1, 0.15) is 0 Å². The van der Waals surface area contributed by atoms with Crippen LogP contribution in [0.25, 0.3) is 0 Å². The van der Waals surface area contributed by atoms with E-state index < -0.39 is 21.8 Å². The maximum Gasteiger partial charge on any atom is 0.303 e. The van der Waals surface area contributed by atoms with E-state index in [4.69, 9.17) is 5.11 Å². The van der Waals surface area contributed by atoms with Crippen molar-refractivity contribution in [3.05, 3.63) is 24.0 Å². The quantitative estimate of drug-likeness (QED) is 0.730. The van der Waals surface area contributed by atoms with Crippen LogP contribution in [0.4, 0.5) is 4.39 Å². The van der Waals surface area contributed by atoms with Gasteiger partial charge < -0.3 is 9.84 Å². The van der Waals surface area contributed by atoms with Crippen LogP contribution in [0.2, 0.25) is 0 Å². The first-order chi connectivity index (χ1) is 8.86. The number of carboxylic acids is 1. The molecule has 106 valence electrons. The van der Waals surface area contributed by atoms with E-state index in [1.807, 2.05) is 0 Å². The highest BCUT2D eigenvalue weighted by Gasteiger charge is 2.16. The minimum Gasteiger partial charge on any atom is -0.494 e. The predicted molar refractivity (Wildman–Crippen MR) is 65.0 cm³/mol. The van der Waals surface area contributed by atoms with Crippen LogP contribution in [-0.4, -0.2) is 33.1 Å². The second-order valence-corrected chi connectivity index (χ2v) is 5.46. The fourth-order valence-electron chi connectivity index (χ4n) is 1.34. The minimum absolute atomic E-state index is 0.0255. The third-order valence-corrected chi connectivity index (χ3v) is 3.75. The highest BCUT2D eigenvalue weighted by atomic mass is 32.2. The second-order valence-electron chi connectivity index (χ2n) is 3.69. The maximum atomic E-state index is 13.4. The summed E-state index contributed by atoms with van der Waals surface area (Å²) in [5, 5.41) is 8.41. The van der Waals surface area contributed by atoms with E-state index in [0.717, 1.165) is 6.07 Å². The Bertz CT molecular complexity index is 558. The average molecular weight is 291 g/mol. The molecule has 0 fully saturated rings. The third-order valence-electron chi connectivity index (χ3n) is 2.29. The molecule has 0 aliphatic carbocycles. The van der Waals surface area contributed by atoms with Crippen molar-refractivity contribution in [2.24, 2.45) is 0 Å². The van der Waals surface area contributed by atoms with Crippen LogP contribution in [-0.2, 0) is 14.8 Å². The van der Waals surface area contributed by atoms with Gasteiger partial charge >= 0.3 is 5.97 Å². The van der Waals surface area contributed by atoms with E-state index in [-0.39, 0.29) is 30.0 Å². The summed E-state index contributed by atoms with van der Waals surface area (Å²) >= 11 is 0. The van der Waals surface area contributed by atoms with Crippen molar-refractivity contribution in [2.75, 3.05) is 13.7 Å². The Morgan fingerprint density at radius 1 is 1.47 bits per heavy atom. The summed E-state index contributed by atoms with van der Waals surface area (Å²) in [5.41, 5.74) is 0. The molecular weight excluding hydrogens is 277 g/mol. The summed E-state index contributed by atoms with van der Waals surface area (Å²) in [6.45, 7) is -0.0255. The largest absolute Gasteiger partial charge is 0.494 e. The van der Waals surface area contributed by atoms with Crippen molar-refractivity contribution >= 4 is 16.0 Å². The zero-order chi connectivity index (χ0) is 14.5. The second kappa shape index (κ2) is 6.48. The van der Waals surface area contributed by atoms with Crippen LogP contribution < -0.4 is 9.46 Å². The number of sulfonamides is 1. The van der Waals surface area contributed by atoms with E-state index in [1.54, 1.807) is 0 Å². The van der Waals surface area contributed by atoms with Crippen LogP contribution in [0.15, 0.2) is 23.1 Å². The standard InChI is InChI=1S/C11H14FNO5S/c1-18-10-5-4-8(7-9(10)12)19(16,17)13-6-2-3-11(14)15/h4-5,7,13H,2-3,6H2,1H3,(H,14,15). The number of carboxylic acid groups (broad SMARTS) is 1. The first kappa shape index (κ1) is 15.4. The maximum absolute atomic E-state index is 13.4. The van der Waals surface area contributed by atoms with Crippen molar-refractivity contribution in [3.8, 4) is 5.75 Å². The Kier molecular flexibility index (Phi) is 5.25. The Labute approximate surface area is 110 Å². The average Bonchev–Trinajstić information content (AvgIpc) is 2.34. The Balaban J connectivity index is 2.72. The number of rotatable bonds is 7. The number of aliphatic carboxylic acids is 1. The van der Waals surface area contributed by atoms with Crippen molar-refractivity contribution < 1.29 is 27.4 Å². The molecule has 1 aromatic rings. The van der Waals surface area contributed by atoms with Crippen LogP contribution in [0.3, 0.4) is 0 Å². The lowest BCUT2D eigenvalue weighted by Gasteiger charge is -2.07. The highest BCUT2D eigenvalue weighted by Crippen LogP contribution is 2.20. The van der Waals surface area contributed by atoms with Crippen LogP contribution in [0.1, 0.15) is 12.8 Å². The minimum atomic E-state index is -3.84. The van der Waals surface area contributed by atoms with Gasteiger partial charge in [-0.05, 0) is 24.6 Å². The van der Waals surface area contributed by atoms with Gasteiger partial charge in [0.15, 0.2) is 11.6 Å². The molecule has 6 nitrogen and oxygen atoms in total. The molecule has 0 heterocycles. The SMILES string of the molecule is COc1ccc(S(=O)(=O)NCCCC(=O)O)cc1F. The smallest absolute Gasteiger partial charge is 0.303 e. The lowest BCUT2D eigenvalue weighted by atomic mass is 10.3. The van der Waals surface area contributed by atoms with Crippen molar-refractivity contribution in [3.63, 3.8) is 0 Å². The monoisotopic (exact) mass is 291 g/mol. The molecule has 0 radical (unpaired) electrons.